The minimum absolute atomic E-state index is 0.125. The van der Waals surface area contributed by atoms with E-state index in [1.807, 2.05) is 17.9 Å². The van der Waals surface area contributed by atoms with Gasteiger partial charge in [0.2, 0.25) is 0 Å². The Morgan fingerprint density at radius 3 is 2.53 bits per heavy atom. The van der Waals surface area contributed by atoms with Crippen LogP contribution < -0.4 is 5.32 Å². The van der Waals surface area contributed by atoms with E-state index in [4.69, 9.17) is 0 Å². The van der Waals surface area contributed by atoms with Crippen LogP contribution >= 0.6 is 0 Å². The topological polar surface area (TPSA) is 29.9 Å². The van der Waals surface area contributed by atoms with Gasteiger partial charge in [-0.3, -0.25) is 4.68 Å². The van der Waals surface area contributed by atoms with Crippen molar-refractivity contribution >= 4 is 0 Å². The Hall–Kier alpha value is -1.61. The maximum absolute atomic E-state index is 4.19. The number of rotatable bonds is 6. The first-order valence-corrected chi connectivity index (χ1v) is 6.83. The van der Waals surface area contributed by atoms with Crippen molar-refractivity contribution in [1.29, 1.82) is 0 Å². The Bertz CT molecular complexity index is 500. The minimum atomic E-state index is 0.125. The molecule has 0 bridgehead atoms. The molecule has 3 nitrogen and oxygen atoms in total. The van der Waals surface area contributed by atoms with E-state index in [0.29, 0.717) is 0 Å². The van der Waals surface area contributed by atoms with Crippen molar-refractivity contribution in [1.82, 2.24) is 15.1 Å². The summed E-state index contributed by atoms with van der Waals surface area (Å²) in [7, 11) is 1.98. The normalized spacial score (nSPS) is 11.7. The average Bonchev–Trinajstić information content (AvgIpc) is 2.81. The summed E-state index contributed by atoms with van der Waals surface area (Å²) in [5.41, 5.74) is 2.74. The predicted octanol–water partition coefficient (Wildman–Crippen LogP) is 2.92. The van der Waals surface area contributed by atoms with Gasteiger partial charge in [-0.25, -0.2) is 0 Å². The Morgan fingerprint density at radius 1 is 1.16 bits per heavy atom. The number of nitrogens with one attached hydrogen (secondary N) is 1. The van der Waals surface area contributed by atoms with Crippen LogP contribution in [0.15, 0.2) is 42.6 Å². The number of hydrogen-bond acceptors (Lipinski definition) is 2. The molecule has 1 heterocycles. The summed E-state index contributed by atoms with van der Waals surface area (Å²) in [6, 6.07) is 12.7. The average molecular weight is 257 g/mol. The third-order valence-electron chi connectivity index (χ3n) is 3.55. The van der Waals surface area contributed by atoms with Crippen LogP contribution in [-0.2, 0) is 20.0 Å². The molecule has 0 atom stereocenters. The van der Waals surface area contributed by atoms with Crippen LogP contribution in [0.1, 0.15) is 31.5 Å². The zero-order valence-electron chi connectivity index (χ0n) is 12.1. The molecule has 2 aromatic rings. The molecule has 19 heavy (non-hydrogen) atoms. The summed E-state index contributed by atoms with van der Waals surface area (Å²) in [5, 5.41) is 7.80. The van der Waals surface area contributed by atoms with E-state index < -0.39 is 0 Å². The van der Waals surface area contributed by atoms with Gasteiger partial charge in [-0.05, 0) is 38.3 Å². The molecule has 0 saturated carbocycles. The smallest absolute Gasteiger partial charge is 0.0518 e. The van der Waals surface area contributed by atoms with E-state index in [2.05, 4.69) is 60.7 Å². The Labute approximate surface area is 115 Å². The molecule has 0 radical (unpaired) electrons. The van der Waals surface area contributed by atoms with Gasteiger partial charge in [-0.1, -0.05) is 30.3 Å². The highest BCUT2D eigenvalue weighted by atomic mass is 15.3. The molecule has 1 N–H and O–H groups in total. The molecule has 0 aliphatic heterocycles. The van der Waals surface area contributed by atoms with E-state index >= 15 is 0 Å². The van der Waals surface area contributed by atoms with Crippen molar-refractivity contribution in [2.45, 2.75) is 38.8 Å². The maximum atomic E-state index is 4.19. The molecular weight excluding hydrogens is 234 g/mol. The maximum Gasteiger partial charge on any atom is 0.0518 e. The third-order valence-corrected chi connectivity index (χ3v) is 3.55. The molecule has 1 aromatic carbocycles. The molecule has 0 unspecified atom stereocenters. The van der Waals surface area contributed by atoms with Crippen LogP contribution in [0.4, 0.5) is 0 Å². The quantitative estimate of drug-likeness (QED) is 0.862. The molecule has 0 aliphatic carbocycles. The predicted molar refractivity (Wildman–Crippen MR) is 78.9 cm³/mol. The van der Waals surface area contributed by atoms with Gasteiger partial charge in [-0.15, -0.1) is 0 Å². The van der Waals surface area contributed by atoms with Gasteiger partial charge in [0.1, 0.15) is 0 Å². The Morgan fingerprint density at radius 2 is 1.89 bits per heavy atom. The standard InChI is InChI=1S/C16H23N3/c1-16(2,11-9-14-7-5-4-6-8-14)17-13-15-10-12-18-19(15)3/h4-8,10,12,17H,9,11,13H2,1-3H3. The van der Waals surface area contributed by atoms with Gasteiger partial charge in [0, 0.05) is 25.3 Å². The van der Waals surface area contributed by atoms with Crippen molar-refractivity contribution in [2.24, 2.45) is 7.05 Å². The molecule has 0 amide bonds. The highest BCUT2D eigenvalue weighted by molar-refractivity contribution is 5.15. The number of aryl methyl sites for hydroxylation is 2. The monoisotopic (exact) mass is 257 g/mol. The second-order valence-electron chi connectivity index (χ2n) is 5.67. The highest BCUT2D eigenvalue weighted by Gasteiger charge is 2.17. The molecule has 0 spiro atoms. The van der Waals surface area contributed by atoms with Gasteiger partial charge in [0.25, 0.3) is 0 Å². The van der Waals surface area contributed by atoms with E-state index in [0.717, 1.165) is 19.4 Å². The zero-order chi connectivity index (χ0) is 13.7. The van der Waals surface area contributed by atoms with Crippen LogP contribution in [-0.4, -0.2) is 15.3 Å². The fourth-order valence-corrected chi connectivity index (χ4v) is 2.09. The van der Waals surface area contributed by atoms with E-state index in [-0.39, 0.29) is 5.54 Å². The first-order chi connectivity index (χ1) is 9.07. The molecule has 2 rings (SSSR count). The van der Waals surface area contributed by atoms with Gasteiger partial charge in [0.15, 0.2) is 0 Å². The number of benzene rings is 1. The molecule has 1 aromatic heterocycles. The number of nitrogens with zero attached hydrogens (tertiary/aromatic N) is 2. The molecular formula is C16H23N3. The molecule has 3 heteroatoms. The summed E-state index contributed by atoms with van der Waals surface area (Å²) in [4.78, 5) is 0. The zero-order valence-corrected chi connectivity index (χ0v) is 12.1. The summed E-state index contributed by atoms with van der Waals surface area (Å²) < 4.78 is 1.92. The summed E-state index contributed by atoms with van der Waals surface area (Å²) in [6.45, 7) is 5.37. The van der Waals surface area contributed by atoms with E-state index in [1.54, 1.807) is 0 Å². The van der Waals surface area contributed by atoms with Gasteiger partial charge in [-0.2, -0.15) is 5.10 Å². The first-order valence-electron chi connectivity index (χ1n) is 6.83. The molecule has 0 aliphatic rings. The van der Waals surface area contributed by atoms with E-state index in [9.17, 15) is 0 Å². The molecule has 0 saturated heterocycles. The molecule has 102 valence electrons. The van der Waals surface area contributed by atoms with Crippen molar-refractivity contribution in [3.63, 3.8) is 0 Å². The first kappa shape index (κ1) is 13.8. The summed E-state index contributed by atoms with van der Waals surface area (Å²) in [5.74, 6) is 0. The van der Waals surface area contributed by atoms with Crippen LogP contribution in [0.5, 0.6) is 0 Å². The van der Waals surface area contributed by atoms with Crippen molar-refractivity contribution in [3.8, 4) is 0 Å². The van der Waals surface area contributed by atoms with E-state index in [1.165, 1.54) is 11.3 Å². The minimum Gasteiger partial charge on any atom is -0.306 e. The van der Waals surface area contributed by atoms with Crippen molar-refractivity contribution in [3.05, 3.63) is 53.9 Å². The lowest BCUT2D eigenvalue weighted by Crippen LogP contribution is -2.39. The fourth-order valence-electron chi connectivity index (χ4n) is 2.09. The second-order valence-corrected chi connectivity index (χ2v) is 5.67. The number of hydrogen-bond donors (Lipinski definition) is 1. The second kappa shape index (κ2) is 6.02. The van der Waals surface area contributed by atoms with Crippen molar-refractivity contribution < 1.29 is 0 Å². The van der Waals surface area contributed by atoms with Crippen LogP contribution in [0.2, 0.25) is 0 Å². The summed E-state index contributed by atoms with van der Waals surface area (Å²) in [6.07, 6.45) is 4.06. The lowest BCUT2D eigenvalue weighted by atomic mass is 9.95. The van der Waals surface area contributed by atoms with Gasteiger partial charge < -0.3 is 5.32 Å². The lowest BCUT2D eigenvalue weighted by Gasteiger charge is -2.26. The largest absolute Gasteiger partial charge is 0.306 e. The lowest BCUT2D eigenvalue weighted by molar-refractivity contribution is 0.355. The van der Waals surface area contributed by atoms with Crippen LogP contribution in [0.3, 0.4) is 0 Å². The highest BCUT2D eigenvalue weighted by Crippen LogP contribution is 2.14. The SMILES string of the molecule is Cn1nccc1CNC(C)(C)CCc1ccccc1. The Kier molecular flexibility index (Phi) is 4.38. The number of aromatic nitrogens is 2. The summed E-state index contributed by atoms with van der Waals surface area (Å²) >= 11 is 0. The van der Waals surface area contributed by atoms with Crippen LogP contribution in [0.25, 0.3) is 0 Å². The van der Waals surface area contributed by atoms with Crippen molar-refractivity contribution in [2.75, 3.05) is 0 Å². The van der Waals surface area contributed by atoms with Crippen LogP contribution in [0, 0.1) is 0 Å². The van der Waals surface area contributed by atoms with Gasteiger partial charge in [0.05, 0.1) is 5.69 Å². The Balaban J connectivity index is 1.83. The fraction of sp³-hybridized carbons (Fsp3) is 0.438. The third kappa shape index (κ3) is 4.21. The molecule has 0 fully saturated rings. The van der Waals surface area contributed by atoms with Gasteiger partial charge >= 0.3 is 0 Å².